The topological polar surface area (TPSA) is 40.5 Å². The van der Waals surface area contributed by atoms with Crippen LogP contribution in [0.25, 0.3) is 0 Å². The molecule has 1 aliphatic heterocycles. The molecule has 118 valence electrons. The molecule has 1 N–H and O–H groups in total. The molecule has 1 aliphatic rings. The van der Waals surface area contributed by atoms with Gasteiger partial charge in [0.05, 0.1) is 5.01 Å². The summed E-state index contributed by atoms with van der Waals surface area (Å²) in [6.45, 7) is 9.80. The highest BCUT2D eigenvalue weighted by Gasteiger charge is 2.24. The molecule has 0 saturated carbocycles. The summed E-state index contributed by atoms with van der Waals surface area (Å²) in [4.78, 5) is 12.5. The first-order valence-corrected chi connectivity index (χ1v) is 9.45. The van der Waals surface area contributed by atoms with Crippen molar-refractivity contribution in [3.63, 3.8) is 0 Å². The van der Waals surface area contributed by atoms with Crippen molar-refractivity contribution in [2.45, 2.75) is 32.4 Å². The molecule has 1 aromatic heterocycles. The Morgan fingerprint density at radius 3 is 3.00 bits per heavy atom. The third-order valence-corrected chi connectivity index (χ3v) is 6.15. The maximum Gasteiger partial charge on any atom is 0.193 e. The number of nitrogens with zero attached hydrogens (tertiary/aromatic N) is 3. The number of aliphatic imine (C=N–C) groups is 1. The predicted octanol–water partition coefficient (Wildman–Crippen LogP) is 2.64. The third kappa shape index (κ3) is 4.88. The van der Waals surface area contributed by atoms with Gasteiger partial charge in [0.2, 0.25) is 0 Å². The number of rotatable bonds is 4. The number of aryl methyl sites for hydroxylation is 1. The Bertz CT molecular complexity index is 470. The second-order valence-electron chi connectivity index (χ2n) is 5.69. The predicted molar refractivity (Wildman–Crippen MR) is 94.6 cm³/mol. The minimum absolute atomic E-state index is 0.707. The lowest BCUT2D eigenvalue weighted by atomic mass is 10.1. The smallest absolute Gasteiger partial charge is 0.193 e. The maximum absolute atomic E-state index is 4.45. The fourth-order valence-electron chi connectivity index (χ4n) is 2.40. The Hall–Kier alpha value is -0.750. The summed E-state index contributed by atoms with van der Waals surface area (Å²) >= 11 is 3.87. The van der Waals surface area contributed by atoms with E-state index in [4.69, 9.17) is 0 Å². The highest BCUT2D eigenvalue weighted by Crippen LogP contribution is 2.24. The fourth-order valence-corrected chi connectivity index (χ4v) is 4.49. The fraction of sp³-hybridized carbons (Fsp3) is 0.733. The van der Waals surface area contributed by atoms with E-state index in [0.29, 0.717) is 11.2 Å². The largest absolute Gasteiger partial charge is 0.356 e. The van der Waals surface area contributed by atoms with E-state index in [1.54, 1.807) is 11.3 Å². The molecule has 1 fully saturated rings. The van der Waals surface area contributed by atoms with Crippen LogP contribution in [-0.4, -0.2) is 53.5 Å². The molecule has 4 nitrogen and oxygen atoms in total. The van der Waals surface area contributed by atoms with Crippen molar-refractivity contribution in [2.75, 3.05) is 32.4 Å². The number of nitrogens with one attached hydrogen (secondary N) is 1. The van der Waals surface area contributed by atoms with Gasteiger partial charge in [-0.2, -0.15) is 11.8 Å². The number of aromatic nitrogens is 1. The summed E-state index contributed by atoms with van der Waals surface area (Å²) in [5.41, 5.74) is 0. The summed E-state index contributed by atoms with van der Waals surface area (Å²) in [5, 5.41) is 5.40. The molecule has 1 unspecified atom stereocenters. The van der Waals surface area contributed by atoms with Gasteiger partial charge in [-0.3, -0.25) is 4.99 Å². The van der Waals surface area contributed by atoms with Gasteiger partial charge in [0.1, 0.15) is 0 Å². The van der Waals surface area contributed by atoms with Crippen LogP contribution in [0.3, 0.4) is 0 Å². The molecule has 0 amide bonds. The molecular formula is C15H26N4S2. The Morgan fingerprint density at radius 2 is 2.38 bits per heavy atom. The average molecular weight is 327 g/mol. The Morgan fingerprint density at radius 1 is 1.57 bits per heavy atom. The monoisotopic (exact) mass is 326 g/mol. The first-order chi connectivity index (χ1) is 10.1. The van der Waals surface area contributed by atoms with Gasteiger partial charge in [0, 0.05) is 55.2 Å². The quantitative estimate of drug-likeness (QED) is 0.682. The van der Waals surface area contributed by atoms with Gasteiger partial charge in [-0.25, -0.2) is 4.98 Å². The van der Waals surface area contributed by atoms with Crippen LogP contribution in [0.2, 0.25) is 0 Å². The molecule has 0 spiro atoms. The van der Waals surface area contributed by atoms with E-state index in [1.807, 2.05) is 13.2 Å². The van der Waals surface area contributed by atoms with Gasteiger partial charge >= 0.3 is 0 Å². The zero-order valence-corrected chi connectivity index (χ0v) is 15.1. The molecule has 2 rings (SSSR count). The van der Waals surface area contributed by atoms with Crippen LogP contribution in [0, 0.1) is 12.8 Å². The summed E-state index contributed by atoms with van der Waals surface area (Å²) in [6.07, 6.45) is 2.91. The Kier molecular flexibility index (Phi) is 6.36. The van der Waals surface area contributed by atoms with Gasteiger partial charge in [-0.05, 0) is 12.8 Å². The van der Waals surface area contributed by atoms with E-state index in [0.717, 1.165) is 32.0 Å². The van der Waals surface area contributed by atoms with E-state index < -0.39 is 0 Å². The van der Waals surface area contributed by atoms with Crippen molar-refractivity contribution in [1.29, 1.82) is 0 Å². The van der Waals surface area contributed by atoms with Gasteiger partial charge in [-0.15, -0.1) is 11.3 Å². The molecule has 0 bridgehead atoms. The zero-order chi connectivity index (χ0) is 15.2. The zero-order valence-electron chi connectivity index (χ0n) is 13.4. The summed E-state index contributed by atoms with van der Waals surface area (Å²) in [7, 11) is 1.88. The molecule has 0 radical (unpaired) electrons. The van der Waals surface area contributed by atoms with Gasteiger partial charge in [0.15, 0.2) is 5.96 Å². The number of thiazole rings is 1. The highest BCUT2D eigenvalue weighted by molar-refractivity contribution is 8.00. The van der Waals surface area contributed by atoms with E-state index in [9.17, 15) is 0 Å². The van der Waals surface area contributed by atoms with E-state index in [2.05, 4.69) is 52.7 Å². The standard InChI is InChI=1S/C15H26N4S2/c1-11(2)13-10-19(7-8-20-13)15(16-4)17-6-5-14-18-9-12(3)21-14/h9,11,13H,5-8,10H2,1-4H3,(H,16,17). The number of thioether (sulfide) groups is 1. The van der Waals surface area contributed by atoms with E-state index >= 15 is 0 Å². The van der Waals surface area contributed by atoms with E-state index in [1.165, 1.54) is 15.6 Å². The molecule has 1 aromatic rings. The molecular weight excluding hydrogens is 300 g/mol. The molecule has 6 heteroatoms. The lowest BCUT2D eigenvalue weighted by Gasteiger charge is -2.36. The van der Waals surface area contributed by atoms with Gasteiger partial charge in [-0.1, -0.05) is 13.8 Å². The maximum atomic E-state index is 4.45. The van der Waals surface area contributed by atoms with Crippen molar-refractivity contribution < 1.29 is 0 Å². The summed E-state index contributed by atoms with van der Waals surface area (Å²) in [5.74, 6) is 2.94. The average Bonchev–Trinajstić information content (AvgIpc) is 2.89. The van der Waals surface area contributed by atoms with Crippen molar-refractivity contribution in [2.24, 2.45) is 10.9 Å². The number of guanidine groups is 1. The van der Waals surface area contributed by atoms with Crippen molar-refractivity contribution >= 4 is 29.1 Å². The van der Waals surface area contributed by atoms with Crippen LogP contribution >= 0.6 is 23.1 Å². The van der Waals surface area contributed by atoms with Gasteiger partial charge < -0.3 is 10.2 Å². The molecule has 0 aliphatic carbocycles. The molecule has 2 heterocycles. The van der Waals surface area contributed by atoms with Gasteiger partial charge in [0.25, 0.3) is 0 Å². The second-order valence-corrected chi connectivity index (χ2v) is 8.35. The van der Waals surface area contributed by atoms with Crippen LogP contribution in [0.4, 0.5) is 0 Å². The highest BCUT2D eigenvalue weighted by atomic mass is 32.2. The van der Waals surface area contributed by atoms with E-state index in [-0.39, 0.29) is 0 Å². The first-order valence-electron chi connectivity index (χ1n) is 7.58. The lowest BCUT2D eigenvalue weighted by Crippen LogP contribution is -2.49. The summed E-state index contributed by atoms with van der Waals surface area (Å²) in [6, 6.07) is 0. The van der Waals surface area contributed by atoms with Crippen LogP contribution in [-0.2, 0) is 6.42 Å². The minimum atomic E-state index is 0.707. The van der Waals surface area contributed by atoms with Crippen LogP contribution in [0.5, 0.6) is 0 Å². The molecule has 21 heavy (non-hydrogen) atoms. The first kappa shape index (κ1) is 16.6. The Balaban J connectivity index is 1.82. The number of hydrogen-bond donors (Lipinski definition) is 1. The SMILES string of the molecule is CN=C(NCCc1ncc(C)s1)N1CCSC(C(C)C)C1. The van der Waals surface area contributed by atoms with Crippen LogP contribution < -0.4 is 5.32 Å². The Labute approximate surface area is 136 Å². The van der Waals surface area contributed by atoms with Crippen LogP contribution in [0.1, 0.15) is 23.7 Å². The summed E-state index contributed by atoms with van der Waals surface area (Å²) < 4.78 is 0. The molecule has 1 saturated heterocycles. The van der Waals surface area contributed by atoms with Crippen LogP contribution in [0.15, 0.2) is 11.2 Å². The van der Waals surface area contributed by atoms with Crippen molar-refractivity contribution in [1.82, 2.24) is 15.2 Å². The molecule has 1 atom stereocenters. The third-order valence-electron chi connectivity index (χ3n) is 3.64. The second kappa shape index (κ2) is 8.03. The lowest BCUT2D eigenvalue weighted by molar-refractivity contribution is 0.381. The molecule has 0 aromatic carbocycles. The number of hydrogen-bond acceptors (Lipinski definition) is 4. The normalized spacial score (nSPS) is 20.1. The van der Waals surface area contributed by atoms with Crippen molar-refractivity contribution in [3.8, 4) is 0 Å². The minimum Gasteiger partial charge on any atom is -0.356 e. The van der Waals surface area contributed by atoms with Crippen molar-refractivity contribution in [3.05, 3.63) is 16.1 Å².